The minimum atomic E-state index is 0.454. The van der Waals surface area contributed by atoms with Crippen LogP contribution < -0.4 is 0 Å². The van der Waals surface area contributed by atoms with Gasteiger partial charge >= 0.3 is 0 Å². The predicted molar refractivity (Wildman–Crippen MR) is 76.8 cm³/mol. The normalized spacial score (nSPS) is 12.8. The monoisotopic (exact) mass is 258 g/mol. The van der Waals surface area contributed by atoms with Gasteiger partial charge in [-0.15, -0.1) is 0 Å². The van der Waals surface area contributed by atoms with Crippen LogP contribution in [0.3, 0.4) is 0 Å². The number of imidazole rings is 1. The maximum absolute atomic E-state index is 4.39. The Labute approximate surface area is 115 Å². The van der Waals surface area contributed by atoms with Gasteiger partial charge in [0.15, 0.2) is 0 Å². The molecule has 0 aliphatic rings. The number of hydrogen-bond donors (Lipinski definition) is 0. The molecule has 0 amide bonds. The van der Waals surface area contributed by atoms with Gasteiger partial charge in [0.2, 0.25) is 0 Å². The standard InChI is InChI=1S/C15H22N4/c1-4-19-12-16-10-15(19)11-18(3)13(2)9-14-7-5-6-8-17-14/h5-8,10,12-13H,4,9,11H2,1-3H3. The first-order valence-corrected chi connectivity index (χ1v) is 6.80. The van der Waals surface area contributed by atoms with E-state index in [1.54, 1.807) is 0 Å². The van der Waals surface area contributed by atoms with Crippen molar-refractivity contribution in [3.05, 3.63) is 48.3 Å². The van der Waals surface area contributed by atoms with E-state index in [1.165, 1.54) is 5.69 Å². The van der Waals surface area contributed by atoms with Gasteiger partial charge in [-0.1, -0.05) is 6.07 Å². The van der Waals surface area contributed by atoms with Crippen LogP contribution in [-0.4, -0.2) is 32.5 Å². The molecule has 0 aromatic carbocycles. The van der Waals surface area contributed by atoms with Crippen LogP contribution in [0.25, 0.3) is 0 Å². The molecule has 0 fully saturated rings. The Balaban J connectivity index is 1.94. The van der Waals surface area contributed by atoms with Crippen molar-refractivity contribution in [1.29, 1.82) is 0 Å². The van der Waals surface area contributed by atoms with Gasteiger partial charge in [0.25, 0.3) is 0 Å². The molecule has 2 aromatic heterocycles. The van der Waals surface area contributed by atoms with Gasteiger partial charge in [0.05, 0.1) is 12.0 Å². The molecule has 0 N–H and O–H groups in total. The van der Waals surface area contributed by atoms with E-state index in [0.717, 1.165) is 25.2 Å². The lowest BCUT2D eigenvalue weighted by Crippen LogP contribution is -2.31. The number of nitrogens with zero attached hydrogens (tertiary/aromatic N) is 4. The number of likely N-dealkylation sites (N-methyl/N-ethyl adjacent to an activating group) is 1. The Hall–Kier alpha value is -1.68. The average Bonchev–Trinajstić information content (AvgIpc) is 2.87. The van der Waals surface area contributed by atoms with Gasteiger partial charge in [-0.25, -0.2) is 4.98 Å². The Morgan fingerprint density at radius 1 is 1.37 bits per heavy atom. The van der Waals surface area contributed by atoms with Crippen molar-refractivity contribution in [2.75, 3.05) is 7.05 Å². The van der Waals surface area contributed by atoms with Crippen LogP contribution in [0.15, 0.2) is 36.9 Å². The van der Waals surface area contributed by atoms with Crippen molar-refractivity contribution in [1.82, 2.24) is 19.4 Å². The average molecular weight is 258 g/mol. The third kappa shape index (κ3) is 3.64. The molecular formula is C15H22N4. The van der Waals surface area contributed by atoms with Crippen molar-refractivity contribution in [2.45, 2.75) is 39.4 Å². The molecule has 1 unspecified atom stereocenters. The van der Waals surface area contributed by atoms with Crippen molar-refractivity contribution < 1.29 is 0 Å². The van der Waals surface area contributed by atoms with E-state index >= 15 is 0 Å². The van der Waals surface area contributed by atoms with Gasteiger partial charge in [-0.2, -0.15) is 0 Å². The van der Waals surface area contributed by atoms with Crippen LogP contribution in [0.4, 0.5) is 0 Å². The molecule has 0 aliphatic heterocycles. The molecule has 1 atom stereocenters. The van der Waals surface area contributed by atoms with E-state index in [0.29, 0.717) is 6.04 Å². The SMILES string of the molecule is CCn1cncc1CN(C)C(C)Cc1ccccn1. The smallest absolute Gasteiger partial charge is 0.0948 e. The third-order valence-corrected chi connectivity index (χ3v) is 3.53. The fourth-order valence-corrected chi connectivity index (χ4v) is 2.15. The summed E-state index contributed by atoms with van der Waals surface area (Å²) in [5.41, 5.74) is 2.41. The summed E-state index contributed by atoms with van der Waals surface area (Å²) in [4.78, 5) is 10.9. The molecule has 102 valence electrons. The minimum Gasteiger partial charge on any atom is -0.334 e. The molecule has 0 aliphatic carbocycles. The second kappa shape index (κ2) is 6.48. The zero-order valence-electron chi connectivity index (χ0n) is 12.0. The van der Waals surface area contributed by atoms with Gasteiger partial charge in [-0.3, -0.25) is 9.88 Å². The van der Waals surface area contributed by atoms with E-state index in [9.17, 15) is 0 Å². The van der Waals surface area contributed by atoms with Crippen LogP contribution in [0.5, 0.6) is 0 Å². The van der Waals surface area contributed by atoms with Gasteiger partial charge in [0, 0.05) is 43.6 Å². The van der Waals surface area contributed by atoms with Crippen LogP contribution in [0, 0.1) is 0 Å². The Morgan fingerprint density at radius 2 is 2.21 bits per heavy atom. The second-order valence-corrected chi connectivity index (χ2v) is 4.96. The van der Waals surface area contributed by atoms with Crippen LogP contribution >= 0.6 is 0 Å². The Bertz CT molecular complexity index is 492. The van der Waals surface area contributed by atoms with E-state index in [-0.39, 0.29) is 0 Å². The molecule has 0 saturated heterocycles. The number of aromatic nitrogens is 3. The first kappa shape index (κ1) is 13.7. The first-order valence-electron chi connectivity index (χ1n) is 6.80. The summed E-state index contributed by atoms with van der Waals surface area (Å²) < 4.78 is 2.18. The zero-order chi connectivity index (χ0) is 13.7. The second-order valence-electron chi connectivity index (χ2n) is 4.96. The lowest BCUT2D eigenvalue weighted by atomic mass is 10.1. The van der Waals surface area contributed by atoms with Crippen LogP contribution in [0.1, 0.15) is 25.2 Å². The predicted octanol–water partition coefficient (Wildman–Crippen LogP) is 2.36. The van der Waals surface area contributed by atoms with Gasteiger partial charge in [0.1, 0.15) is 0 Å². The third-order valence-electron chi connectivity index (χ3n) is 3.53. The fourth-order valence-electron chi connectivity index (χ4n) is 2.15. The number of rotatable bonds is 6. The lowest BCUT2D eigenvalue weighted by Gasteiger charge is -2.24. The summed E-state index contributed by atoms with van der Waals surface area (Å²) in [6, 6.07) is 6.54. The van der Waals surface area contributed by atoms with E-state index in [4.69, 9.17) is 0 Å². The molecule has 4 heteroatoms. The Morgan fingerprint density at radius 3 is 2.89 bits per heavy atom. The van der Waals surface area contributed by atoms with Crippen LogP contribution in [-0.2, 0) is 19.5 Å². The van der Waals surface area contributed by atoms with Crippen molar-refractivity contribution in [3.8, 4) is 0 Å². The summed E-state index contributed by atoms with van der Waals surface area (Å²) in [5.74, 6) is 0. The highest BCUT2D eigenvalue weighted by Gasteiger charge is 2.12. The molecule has 2 aromatic rings. The number of hydrogen-bond acceptors (Lipinski definition) is 3. The molecular weight excluding hydrogens is 236 g/mol. The lowest BCUT2D eigenvalue weighted by molar-refractivity contribution is 0.241. The first-order chi connectivity index (χ1) is 9.20. The summed E-state index contributed by atoms with van der Waals surface area (Å²) in [6.45, 7) is 6.27. The zero-order valence-corrected chi connectivity index (χ0v) is 12.0. The van der Waals surface area contributed by atoms with Crippen LogP contribution in [0.2, 0.25) is 0 Å². The fraction of sp³-hybridized carbons (Fsp3) is 0.467. The minimum absolute atomic E-state index is 0.454. The molecule has 2 heterocycles. The van der Waals surface area contributed by atoms with E-state index < -0.39 is 0 Å². The molecule has 0 saturated carbocycles. The molecule has 19 heavy (non-hydrogen) atoms. The van der Waals surface area contributed by atoms with Gasteiger partial charge < -0.3 is 4.57 Å². The summed E-state index contributed by atoms with van der Waals surface area (Å²) in [5, 5.41) is 0. The molecule has 2 rings (SSSR count). The molecule has 0 spiro atoms. The van der Waals surface area contributed by atoms with Gasteiger partial charge in [-0.05, 0) is 33.0 Å². The molecule has 4 nitrogen and oxygen atoms in total. The molecule has 0 bridgehead atoms. The Kier molecular flexibility index (Phi) is 4.68. The maximum atomic E-state index is 4.39. The van der Waals surface area contributed by atoms with Crippen molar-refractivity contribution in [2.24, 2.45) is 0 Å². The summed E-state index contributed by atoms with van der Waals surface area (Å²) in [6.07, 6.45) is 6.67. The highest BCUT2D eigenvalue weighted by molar-refractivity contribution is 5.05. The topological polar surface area (TPSA) is 34.0 Å². The largest absolute Gasteiger partial charge is 0.334 e. The summed E-state index contributed by atoms with van der Waals surface area (Å²) in [7, 11) is 2.15. The van der Waals surface area contributed by atoms with E-state index in [2.05, 4.69) is 46.4 Å². The maximum Gasteiger partial charge on any atom is 0.0948 e. The quantitative estimate of drug-likeness (QED) is 0.797. The highest BCUT2D eigenvalue weighted by atomic mass is 15.2. The molecule has 0 radical (unpaired) electrons. The van der Waals surface area contributed by atoms with E-state index in [1.807, 2.05) is 30.9 Å². The number of pyridine rings is 1. The summed E-state index contributed by atoms with van der Waals surface area (Å²) >= 11 is 0. The number of aryl methyl sites for hydroxylation is 1. The van der Waals surface area contributed by atoms with Crippen molar-refractivity contribution >= 4 is 0 Å². The highest BCUT2D eigenvalue weighted by Crippen LogP contribution is 2.09. The van der Waals surface area contributed by atoms with Crippen molar-refractivity contribution in [3.63, 3.8) is 0 Å².